The lowest BCUT2D eigenvalue weighted by molar-refractivity contribution is -0.140. The van der Waals surface area contributed by atoms with Gasteiger partial charge in [0, 0.05) is 16.6 Å². The minimum Gasteiger partial charge on any atom is -0.468 e. The molecular formula is C11H20O3S. The smallest absolute Gasteiger partial charge is 0.321 e. The van der Waals surface area contributed by atoms with Gasteiger partial charge in [-0.25, -0.2) is 0 Å². The summed E-state index contributed by atoms with van der Waals surface area (Å²) in [7, 11) is 0.322. The Morgan fingerprint density at radius 1 is 1.47 bits per heavy atom. The normalized spacial score (nSPS) is 20.0. The van der Waals surface area contributed by atoms with Crippen molar-refractivity contribution in [2.75, 3.05) is 12.9 Å². The number of carbonyl (C=O) groups is 1. The molecule has 0 bridgehead atoms. The SMILES string of the molecule is COC(=O)C(C1CC1)S(=O)CCC(C)C. The van der Waals surface area contributed by atoms with E-state index in [1.165, 1.54) is 7.11 Å². The van der Waals surface area contributed by atoms with Crippen molar-refractivity contribution in [1.82, 2.24) is 0 Å². The van der Waals surface area contributed by atoms with Gasteiger partial charge in [-0.15, -0.1) is 0 Å². The average molecular weight is 232 g/mol. The van der Waals surface area contributed by atoms with Gasteiger partial charge in [0.25, 0.3) is 0 Å². The first kappa shape index (κ1) is 12.7. The Balaban J connectivity index is 2.48. The third kappa shape index (κ3) is 3.93. The summed E-state index contributed by atoms with van der Waals surface area (Å²) in [6.45, 7) is 4.20. The molecule has 0 aromatic rings. The van der Waals surface area contributed by atoms with Gasteiger partial charge in [0.2, 0.25) is 0 Å². The second-order valence-electron chi connectivity index (χ2n) is 4.55. The number of hydrogen-bond acceptors (Lipinski definition) is 3. The second-order valence-corrected chi connectivity index (χ2v) is 6.23. The molecule has 0 aromatic heterocycles. The van der Waals surface area contributed by atoms with Crippen molar-refractivity contribution in [2.45, 2.75) is 38.4 Å². The summed E-state index contributed by atoms with van der Waals surface area (Å²) in [6.07, 6.45) is 2.95. The minimum atomic E-state index is -1.05. The molecule has 0 heterocycles. The van der Waals surface area contributed by atoms with E-state index in [0.717, 1.165) is 19.3 Å². The van der Waals surface area contributed by atoms with Crippen LogP contribution in [0.5, 0.6) is 0 Å². The molecule has 0 aliphatic heterocycles. The Hall–Kier alpha value is -0.380. The largest absolute Gasteiger partial charge is 0.468 e. The summed E-state index contributed by atoms with van der Waals surface area (Å²) in [5, 5.41) is -0.367. The van der Waals surface area contributed by atoms with Crippen molar-refractivity contribution in [1.29, 1.82) is 0 Å². The van der Waals surface area contributed by atoms with Crippen molar-refractivity contribution < 1.29 is 13.7 Å². The van der Waals surface area contributed by atoms with Crippen LogP contribution in [0.4, 0.5) is 0 Å². The maximum Gasteiger partial charge on any atom is 0.321 e. The van der Waals surface area contributed by atoms with Gasteiger partial charge in [-0.3, -0.25) is 9.00 Å². The average Bonchev–Trinajstić information content (AvgIpc) is 2.98. The first-order valence-electron chi connectivity index (χ1n) is 5.51. The molecule has 3 nitrogen and oxygen atoms in total. The van der Waals surface area contributed by atoms with Crippen molar-refractivity contribution in [3.8, 4) is 0 Å². The van der Waals surface area contributed by atoms with Crippen LogP contribution in [0.3, 0.4) is 0 Å². The number of ether oxygens (including phenoxy) is 1. The van der Waals surface area contributed by atoms with Gasteiger partial charge < -0.3 is 4.74 Å². The van der Waals surface area contributed by atoms with Gasteiger partial charge in [-0.1, -0.05) is 13.8 Å². The van der Waals surface area contributed by atoms with Crippen molar-refractivity contribution in [3.63, 3.8) is 0 Å². The van der Waals surface area contributed by atoms with E-state index in [2.05, 4.69) is 13.8 Å². The molecule has 1 aliphatic carbocycles. The highest BCUT2D eigenvalue weighted by Gasteiger charge is 2.40. The quantitative estimate of drug-likeness (QED) is 0.655. The van der Waals surface area contributed by atoms with E-state index in [4.69, 9.17) is 4.74 Å². The lowest BCUT2D eigenvalue weighted by atomic mass is 10.2. The van der Waals surface area contributed by atoms with E-state index < -0.39 is 10.8 Å². The van der Waals surface area contributed by atoms with Gasteiger partial charge >= 0.3 is 5.97 Å². The predicted octanol–water partition coefficient (Wildman–Crippen LogP) is 1.73. The molecule has 0 saturated heterocycles. The molecule has 1 saturated carbocycles. The Morgan fingerprint density at radius 3 is 2.47 bits per heavy atom. The number of hydrogen-bond donors (Lipinski definition) is 0. The fraction of sp³-hybridized carbons (Fsp3) is 0.909. The highest BCUT2D eigenvalue weighted by Crippen LogP contribution is 2.36. The van der Waals surface area contributed by atoms with Crippen LogP contribution in [0.25, 0.3) is 0 Å². The maximum atomic E-state index is 11.9. The summed E-state index contributed by atoms with van der Waals surface area (Å²) >= 11 is 0. The lowest BCUT2D eigenvalue weighted by Crippen LogP contribution is -2.31. The summed E-state index contributed by atoms with van der Waals surface area (Å²) in [4.78, 5) is 11.5. The van der Waals surface area contributed by atoms with Crippen LogP contribution in [0.2, 0.25) is 0 Å². The Kier molecular flexibility index (Phi) is 4.77. The van der Waals surface area contributed by atoms with E-state index in [9.17, 15) is 9.00 Å². The van der Waals surface area contributed by atoms with Gasteiger partial charge in [-0.2, -0.15) is 0 Å². The van der Waals surface area contributed by atoms with E-state index >= 15 is 0 Å². The van der Waals surface area contributed by atoms with Gasteiger partial charge in [-0.05, 0) is 31.1 Å². The Morgan fingerprint density at radius 2 is 2.07 bits per heavy atom. The summed E-state index contributed by atoms with van der Waals surface area (Å²) in [6, 6.07) is 0. The lowest BCUT2D eigenvalue weighted by Gasteiger charge is -2.14. The number of carbonyl (C=O) groups excluding carboxylic acids is 1. The Labute approximate surface area is 94.0 Å². The highest BCUT2D eigenvalue weighted by molar-refractivity contribution is 7.86. The molecule has 1 fully saturated rings. The predicted molar refractivity (Wildman–Crippen MR) is 61.0 cm³/mol. The van der Waals surface area contributed by atoms with Crippen LogP contribution in [0.15, 0.2) is 0 Å². The number of esters is 1. The zero-order valence-corrected chi connectivity index (χ0v) is 10.5. The topological polar surface area (TPSA) is 43.4 Å². The van der Waals surface area contributed by atoms with Crippen LogP contribution in [-0.4, -0.2) is 28.3 Å². The molecule has 0 amide bonds. The third-order valence-electron chi connectivity index (χ3n) is 2.66. The van der Waals surface area contributed by atoms with Crippen LogP contribution < -0.4 is 0 Å². The molecular weight excluding hydrogens is 212 g/mol. The molecule has 88 valence electrons. The standard InChI is InChI=1S/C11H20O3S/c1-8(2)6-7-15(13)10(9-4-5-9)11(12)14-3/h8-10H,4-7H2,1-3H3. The van der Waals surface area contributed by atoms with Gasteiger partial charge in [0.05, 0.1) is 7.11 Å². The van der Waals surface area contributed by atoms with Crippen LogP contribution in [0, 0.1) is 11.8 Å². The zero-order chi connectivity index (χ0) is 11.4. The molecule has 4 heteroatoms. The molecule has 1 rings (SSSR count). The van der Waals surface area contributed by atoms with E-state index in [1.807, 2.05) is 0 Å². The first-order valence-corrected chi connectivity index (χ1v) is 6.89. The van der Waals surface area contributed by atoms with Gasteiger partial charge in [0.15, 0.2) is 0 Å². The molecule has 1 aliphatic rings. The highest BCUT2D eigenvalue weighted by atomic mass is 32.2. The fourth-order valence-corrected chi connectivity index (χ4v) is 3.48. The van der Waals surface area contributed by atoms with Crippen molar-refractivity contribution in [2.24, 2.45) is 11.8 Å². The van der Waals surface area contributed by atoms with E-state index in [-0.39, 0.29) is 11.2 Å². The zero-order valence-electron chi connectivity index (χ0n) is 9.69. The van der Waals surface area contributed by atoms with Crippen LogP contribution in [0.1, 0.15) is 33.1 Å². The summed E-state index contributed by atoms with van der Waals surface area (Å²) < 4.78 is 16.6. The molecule has 2 atom stereocenters. The van der Waals surface area contributed by atoms with E-state index in [0.29, 0.717) is 17.6 Å². The van der Waals surface area contributed by atoms with Crippen molar-refractivity contribution >= 4 is 16.8 Å². The van der Waals surface area contributed by atoms with Crippen LogP contribution >= 0.6 is 0 Å². The van der Waals surface area contributed by atoms with E-state index in [1.54, 1.807) is 0 Å². The first-order chi connectivity index (χ1) is 7.06. The fourth-order valence-electron chi connectivity index (χ4n) is 1.51. The minimum absolute atomic E-state index is 0.292. The molecule has 0 N–H and O–H groups in total. The monoisotopic (exact) mass is 232 g/mol. The Bertz CT molecular complexity index is 246. The molecule has 0 radical (unpaired) electrons. The molecule has 15 heavy (non-hydrogen) atoms. The van der Waals surface area contributed by atoms with Crippen molar-refractivity contribution in [3.05, 3.63) is 0 Å². The summed E-state index contributed by atoms with van der Waals surface area (Å²) in [5.74, 6) is 1.17. The number of methoxy groups -OCH3 is 1. The van der Waals surface area contributed by atoms with Gasteiger partial charge in [0.1, 0.15) is 5.25 Å². The second kappa shape index (κ2) is 5.64. The third-order valence-corrected chi connectivity index (χ3v) is 4.45. The number of rotatable bonds is 6. The molecule has 0 spiro atoms. The summed E-state index contributed by atoms with van der Waals surface area (Å²) in [5.41, 5.74) is 0. The van der Waals surface area contributed by atoms with Crippen LogP contribution in [-0.2, 0) is 20.3 Å². The molecule has 2 unspecified atom stereocenters. The maximum absolute atomic E-state index is 11.9. The molecule has 0 aromatic carbocycles.